The lowest BCUT2D eigenvalue weighted by Gasteiger charge is -2.41. The third-order valence-electron chi connectivity index (χ3n) is 8.17. The van der Waals surface area contributed by atoms with Crippen LogP contribution in [0.4, 0.5) is 10.5 Å². The number of hydrogen-bond donors (Lipinski definition) is 1. The van der Waals surface area contributed by atoms with Crippen molar-refractivity contribution in [1.29, 1.82) is 0 Å². The van der Waals surface area contributed by atoms with E-state index in [1.165, 1.54) is 12.8 Å². The smallest absolute Gasteiger partial charge is 0.318 e. The first-order valence-corrected chi connectivity index (χ1v) is 15.3. The van der Waals surface area contributed by atoms with Crippen molar-refractivity contribution in [2.75, 3.05) is 37.6 Å². The van der Waals surface area contributed by atoms with Crippen LogP contribution in [-0.2, 0) is 11.4 Å². The fraction of sp³-hybridized carbons (Fsp3) is 0.576. The number of urea groups is 1. The molecular weight excluding hydrogens is 500 g/mol. The molecule has 0 aromatic heterocycles. The fourth-order valence-electron chi connectivity index (χ4n) is 6.00. The van der Waals surface area contributed by atoms with Gasteiger partial charge in [-0.05, 0) is 62.6 Å². The number of nitrogens with zero attached hydrogens (tertiary/aromatic N) is 3. The maximum Gasteiger partial charge on any atom is 0.318 e. The largest absolute Gasteiger partial charge is 0.487 e. The van der Waals surface area contributed by atoms with Gasteiger partial charge in [-0.15, -0.1) is 0 Å². The Morgan fingerprint density at radius 2 is 1.55 bits per heavy atom. The Kier molecular flexibility index (Phi) is 11.1. The lowest BCUT2D eigenvalue weighted by Crippen LogP contribution is -2.55. The van der Waals surface area contributed by atoms with Crippen molar-refractivity contribution in [2.45, 2.75) is 84.4 Å². The molecule has 0 spiro atoms. The lowest BCUT2D eigenvalue weighted by atomic mass is 9.98. The van der Waals surface area contributed by atoms with Crippen LogP contribution in [0.25, 0.3) is 0 Å². The van der Waals surface area contributed by atoms with E-state index in [-0.39, 0.29) is 11.9 Å². The molecule has 1 atom stereocenters. The first kappa shape index (κ1) is 29.8. The summed E-state index contributed by atoms with van der Waals surface area (Å²) in [5.74, 6) is 1.27. The van der Waals surface area contributed by atoms with E-state index in [0.29, 0.717) is 38.1 Å². The van der Waals surface area contributed by atoms with Crippen molar-refractivity contribution < 1.29 is 14.3 Å². The minimum Gasteiger partial charge on any atom is -0.487 e. The van der Waals surface area contributed by atoms with Crippen LogP contribution in [0.15, 0.2) is 54.6 Å². The normalized spacial score (nSPS) is 17.3. The molecule has 2 aromatic rings. The highest BCUT2D eigenvalue weighted by atomic mass is 16.5. The molecule has 2 heterocycles. The number of para-hydroxylation sites is 2. The number of anilines is 1. The molecule has 0 unspecified atom stereocenters. The van der Waals surface area contributed by atoms with Gasteiger partial charge in [0.15, 0.2) is 0 Å². The molecule has 2 aliphatic heterocycles. The number of benzene rings is 2. The second kappa shape index (κ2) is 15.0. The zero-order valence-corrected chi connectivity index (χ0v) is 24.7. The molecule has 0 saturated carbocycles. The Morgan fingerprint density at radius 1 is 0.900 bits per heavy atom. The lowest BCUT2D eigenvalue weighted by molar-refractivity contribution is -0.134. The fourth-order valence-corrected chi connectivity index (χ4v) is 6.00. The highest BCUT2D eigenvalue weighted by Gasteiger charge is 2.33. The molecule has 3 amide bonds. The summed E-state index contributed by atoms with van der Waals surface area (Å²) in [6.45, 7) is 10.8. The molecule has 0 radical (unpaired) electrons. The van der Waals surface area contributed by atoms with Crippen molar-refractivity contribution in [3.8, 4) is 5.75 Å². The molecule has 7 heteroatoms. The Balaban J connectivity index is 1.37. The van der Waals surface area contributed by atoms with Gasteiger partial charge in [-0.25, -0.2) is 4.79 Å². The Bertz CT molecular complexity index is 1060. The number of carbonyl (C=O) groups excluding carboxylic acids is 2. The van der Waals surface area contributed by atoms with Gasteiger partial charge in [-0.2, -0.15) is 0 Å². The van der Waals surface area contributed by atoms with Crippen LogP contribution in [-0.4, -0.2) is 66.5 Å². The van der Waals surface area contributed by atoms with Gasteiger partial charge in [0.2, 0.25) is 5.91 Å². The maximum absolute atomic E-state index is 13.7. The first-order valence-electron chi connectivity index (χ1n) is 15.3. The average Bonchev–Trinajstić information content (AvgIpc) is 3.27. The minimum atomic E-state index is -0.471. The third-order valence-corrected chi connectivity index (χ3v) is 8.17. The quantitative estimate of drug-likeness (QED) is 0.391. The van der Waals surface area contributed by atoms with Crippen molar-refractivity contribution >= 4 is 17.6 Å². The van der Waals surface area contributed by atoms with E-state index < -0.39 is 6.04 Å². The standard InChI is InChI=1S/C33H48N4O3/c1-4-37(30-16-10-11-17-31(30)40-25-27-14-8-7-9-15-27)28-18-22-35(23-19-28)32(38)29(24-26(2)3)34-33(39)36-20-12-5-6-13-21-36/h7-11,14-17,26,28-29H,4-6,12-13,18-25H2,1-3H3,(H,34,39)/t29-/m0/s1. The topological polar surface area (TPSA) is 65.1 Å². The Morgan fingerprint density at radius 3 is 2.20 bits per heavy atom. The van der Waals surface area contributed by atoms with Gasteiger partial charge < -0.3 is 24.8 Å². The predicted octanol–water partition coefficient (Wildman–Crippen LogP) is 6.08. The summed E-state index contributed by atoms with van der Waals surface area (Å²) in [4.78, 5) is 33.0. The minimum absolute atomic E-state index is 0.0602. The van der Waals surface area contributed by atoms with Crippen LogP contribution in [0.5, 0.6) is 5.75 Å². The number of carbonyl (C=O) groups is 2. The number of ether oxygens (including phenoxy) is 1. The monoisotopic (exact) mass is 548 g/mol. The van der Waals surface area contributed by atoms with Crippen LogP contribution in [0.1, 0.15) is 71.3 Å². The van der Waals surface area contributed by atoms with Crippen LogP contribution >= 0.6 is 0 Å². The molecule has 0 aliphatic carbocycles. The summed E-state index contributed by atoms with van der Waals surface area (Å²) < 4.78 is 6.27. The zero-order chi connectivity index (χ0) is 28.3. The van der Waals surface area contributed by atoms with Crippen molar-refractivity contribution in [1.82, 2.24) is 15.1 Å². The summed E-state index contributed by atoms with van der Waals surface area (Å²) in [6.07, 6.45) is 6.86. The molecule has 4 rings (SSSR count). The summed E-state index contributed by atoms with van der Waals surface area (Å²) in [7, 11) is 0. The number of nitrogens with one attached hydrogen (secondary N) is 1. The van der Waals surface area contributed by atoms with Crippen molar-refractivity contribution in [3.05, 3.63) is 60.2 Å². The van der Waals surface area contributed by atoms with E-state index in [2.05, 4.69) is 55.3 Å². The van der Waals surface area contributed by atoms with Gasteiger partial charge in [0, 0.05) is 38.8 Å². The van der Waals surface area contributed by atoms with Crippen LogP contribution in [0, 0.1) is 5.92 Å². The van der Waals surface area contributed by atoms with Gasteiger partial charge in [-0.1, -0.05) is 69.2 Å². The summed E-state index contributed by atoms with van der Waals surface area (Å²) in [5, 5.41) is 3.12. The van der Waals surface area contributed by atoms with E-state index in [1.807, 2.05) is 40.1 Å². The second-order valence-corrected chi connectivity index (χ2v) is 11.6. The molecule has 1 N–H and O–H groups in total. The number of hydrogen-bond acceptors (Lipinski definition) is 4. The van der Waals surface area contributed by atoms with E-state index in [1.54, 1.807) is 0 Å². The van der Waals surface area contributed by atoms with E-state index in [9.17, 15) is 9.59 Å². The van der Waals surface area contributed by atoms with Gasteiger partial charge in [0.1, 0.15) is 18.4 Å². The molecule has 2 aromatic carbocycles. The molecule has 2 fully saturated rings. The number of amides is 3. The molecule has 40 heavy (non-hydrogen) atoms. The van der Waals surface area contributed by atoms with E-state index in [0.717, 1.165) is 62.3 Å². The first-order chi connectivity index (χ1) is 19.5. The Hall–Kier alpha value is -3.22. The summed E-state index contributed by atoms with van der Waals surface area (Å²) in [5.41, 5.74) is 2.25. The van der Waals surface area contributed by atoms with E-state index >= 15 is 0 Å². The highest BCUT2D eigenvalue weighted by Crippen LogP contribution is 2.33. The molecule has 2 saturated heterocycles. The average molecular weight is 549 g/mol. The molecule has 0 bridgehead atoms. The summed E-state index contributed by atoms with van der Waals surface area (Å²) in [6, 6.07) is 18.3. The van der Waals surface area contributed by atoms with Crippen LogP contribution < -0.4 is 15.0 Å². The van der Waals surface area contributed by atoms with Crippen LogP contribution in [0.3, 0.4) is 0 Å². The molecule has 218 valence electrons. The SMILES string of the molecule is CCN(c1ccccc1OCc1ccccc1)C1CCN(C(=O)[C@H](CC(C)C)NC(=O)N2CCCCCC2)CC1. The van der Waals surface area contributed by atoms with Gasteiger partial charge in [0.05, 0.1) is 5.69 Å². The molecule has 2 aliphatic rings. The number of piperidine rings is 1. The Labute approximate surface area is 240 Å². The van der Waals surface area contributed by atoms with Crippen LogP contribution in [0.2, 0.25) is 0 Å². The maximum atomic E-state index is 13.7. The number of rotatable bonds is 10. The summed E-state index contributed by atoms with van der Waals surface area (Å²) >= 11 is 0. The van der Waals surface area contributed by atoms with Gasteiger partial charge in [0.25, 0.3) is 0 Å². The van der Waals surface area contributed by atoms with Crippen molar-refractivity contribution in [3.63, 3.8) is 0 Å². The van der Waals surface area contributed by atoms with Gasteiger partial charge >= 0.3 is 6.03 Å². The predicted molar refractivity (Wildman–Crippen MR) is 162 cm³/mol. The number of likely N-dealkylation sites (tertiary alicyclic amines) is 2. The third kappa shape index (κ3) is 8.15. The van der Waals surface area contributed by atoms with Gasteiger partial charge in [-0.3, -0.25) is 4.79 Å². The molecular formula is C33H48N4O3. The van der Waals surface area contributed by atoms with Crippen molar-refractivity contribution in [2.24, 2.45) is 5.92 Å². The zero-order valence-electron chi connectivity index (χ0n) is 24.7. The van der Waals surface area contributed by atoms with E-state index in [4.69, 9.17) is 4.74 Å². The second-order valence-electron chi connectivity index (χ2n) is 11.6. The highest BCUT2D eigenvalue weighted by molar-refractivity contribution is 5.87. The molecule has 7 nitrogen and oxygen atoms in total.